The number of hydrogen-bond acceptors (Lipinski definition) is 9. The Bertz CT molecular complexity index is 2040. The van der Waals surface area contributed by atoms with Crippen molar-refractivity contribution in [1.82, 2.24) is 15.0 Å². The first-order valence-corrected chi connectivity index (χ1v) is 19.8. The molecule has 1 saturated heterocycles. The number of fused-ring (bicyclic) bond motifs is 1. The Labute approximate surface area is 276 Å². The molecule has 5 fully saturated rings. The Hall–Kier alpha value is -3.37. The van der Waals surface area contributed by atoms with Crippen molar-refractivity contribution in [2.24, 2.45) is 11.3 Å². The molecule has 2 bridgehead atoms. The Kier molecular flexibility index (Phi) is 6.38. The van der Waals surface area contributed by atoms with Crippen molar-refractivity contribution in [3.8, 4) is 21.8 Å². The predicted molar refractivity (Wildman–Crippen MR) is 179 cm³/mol. The molecule has 0 unspecified atom stereocenters. The minimum Gasteiger partial charge on any atom is -0.351 e. The van der Waals surface area contributed by atoms with E-state index in [-0.39, 0.29) is 40.4 Å². The van der Waals surface area contributed by atoms with E-state index in [0.717, 1.165) is 41.4 Å². The maximum absolute atomic E-state index is 16.4. The van der Waals surface area contributed by atoms with Crippen LogP contribution in [0.4, 0.5) is 26.1 Å². The van der Waals surface area contributed by atoms with Crippen molar-refractivity contribution in [3.63, 3.8) is 0 Å². The smallest absolute Gasteiger partial charge is 0.324 e. The third-order valence-electron chi connectivity index (χ3n) is 10.5. The molecule has 2 aliphatic heterocycles. The van der Waals surface area contributed by atoms with Crippen molar-refractivity contribution in [1.29, 1.82) is 0 Å². The number of halogens is 2. The maximum atomic E-state index is 16.4. The number of nitrogens with zero attached hydrogens (tertiary/aromatic N) is 4. The van der Waals surface area contributed by atoms with Gasteiger partial charge < -0.3 is 5.32 Å². The molecule has 4 aliphatic carbocycles. The minimum absolute atomic E-state index is 0.00415. The van der Waals surface area contributed by atoms with Crippen molar-refractivity contribution < 1.29 is 26.3 Å². The normalized spacial score (nSPS) is 25.6. The molecule has 4 N–H and O–H groups in total. The molecule has 246 valence electrons. The summed E-state index contributed by atoms with van der Waals surface area (Å²) in [5.41, 5.74) is 1.85. The second-order valence-electron chi connectivity index (χ2n) is 13.9. The average molecular weight is 699 g/mol. The van der Waals surface area contributed by atoms with Gasteiger partial charge in [0.15, 0.2) is 5.82 Å². The van der Waals surface area contributed by atoms with Gasteiger partial charge in [-0.15, -0.1) is 11.3 Å². The van der Waals surface area contributed by atoms with Crippen LogP contribution >= 0.6 is 21.9 Å². The summed E-state index contributed by atoms with van der Waals surface area (Å²) < 4.78 is 80.5. The summed E-state index contributed by atoms with van der Waals surface area (Å²) in [6.45, 7) is 0.120. The van der Waals surface area contributed by atoms with Crippen LogP contribution < -0.4 is 14.3 Å². The van der Waals surface area contributed by atoms with Crippen LogP contribution in [0, 0.1) is 23.0 Å². The first kappa shape index (κ1) is 29.7. The molecule has 0 amide bonds. The van der Waals surface area contributed by atoms with Crippen LogP contribution in [-0.4, -0.2) is 56.6 Å². The lowest BCUT2D eigenvalue weighted by Crippen LogP contribution is -2.57. The van der Waals surface area contributed by atoms with Crippen LogP contribution in [0.15, 0.2) is 48.7 Å². The largest absolute Gasteiger partial charge is 0.351 e. The highest BCUT2D eigenvalue weighted by Crippen LogP contribution is 2.67. The molecule has 2 aromatic heterocycles. The van der Waals surface area contributed by atoms with Gasteiger partial charge in [-0.25, -0.2) is 23.7 Å². The number of aromatic nitrogens is 3. The Balaban J connectivity index is 1.03. The second-order valence-corrected chi connectivity index (χ2v) is 18.7. The second kappa shape index (κ2) is 10.1. The third-order valence-corrected chi connectivity index (χ3v) is 15.4. The molecule has 10 nitrogen and oxygen atoms in total. The van der Waals surface area contributed by atoms with Crippen molar-refractivity contribution in [2.75, 3.05) is 32.4 Å². The molecule has 0 atom stereocenters. The van der Waals surface area contributed by atoms with Gasteiger partial charge in [0.05, 0.1) is 27.6 Å². The Morgan fingerprint density at radius 2 is 1.81 bits per heavy atom. The number of anilines is 3. The minimum atomic E-state index is -4.26. The van der Waals surface area contributed by atoms with Crippen molar-refractivity contribution in [3.05, 3.63) is 70.9 Å². The highest BCUT2D eigenvalue weighted by Gasteiger charge is 2.59. The van der Waals surface area contributed by atoms with E-state index in [9.17, 15) is 21.9 Å². The molecule has 2 aromatic carbocycles. The number of rotatable bonds is 8. The number of thiazole rings is 1. The lowest BCUT2D eigenvalue weighted by atomic mass is 9.45. The van der Waals surface area contributed by atoms with E-state index in [4.69, 9.17) is 9.97 Å². The van der Waals surface area contributed by atoms with Crippen LogP contribution in [0.3, 0.4) is 0 Å². The van der Waals surface area contributed by atoms with Gasteiger partial charge in [0.2, 0.25) is 5.95 Å². The predicted octanol–water partition coefficient (Wildman–Crippen LogP) is 6.64. The fourth-order valence-electron chi connectivity index (χ4n) is 8.20. The summed E-state index contributed by atoms with van der Waals surface area (Å²) in [6, 6.07) is 10.5. The summed E-state index contributed by atoms with van der Waals surface area (Å²) >= 11 is 1.50. The van der Waals surface area contributed by atoms with E-state index in [1.54, 1.807) is 30.5 Å². The number of benzene rings is 2. The lowest BCUT2D eigenvalue weighted by molar-refractivity contribution is -0.0274. The first-order chi connectivity index (χ1) is 22.4. The van der Waals surface area contributed by atoms with Gasteiger partial charge in [0.25, 0.3) is 0 Å². The highest BCUT2D eigenvalue weighted by atomic mass is 32.3. The van der Waals surface area contributed by atoms with Gasteiger partial charge in [-0.3, -0.25) is 18.1 Å². The van der Waals surface area contributed by atoms with Crippen LogP contribution in [0.5, 0.6) is 0 Å². The topological polar surface area (TPSA) is 141 Å². The zero-order chi connectivity index (χ0) is 32.3. The zero-order valence-corrected chi connectivity index (χ0v) is 27.6. The summed E-state index contributed by atoms with van der Waals surface area (Å²) in [6.07, 6.45) is 6.90. The molecule has 1 spiro atoms. The van der Waals surface area contributed by atoms with E-state index >= 15 is 4.39 Å². The van der Waals surface area contributed by atoms with Crippen molar-refractivity contribution >= 4 is 49.5 Å². The standard InChI is InChI=1S/C32H32F2N6O4S3/c33-20-5-4-19-7-9-40(25(19)10-20)47(43,44)39-23-3-1-2-22(26(23)34)27-28(45-29(38-27)32-11-18(12-32)13-32)24-6-8-35-30(37-24)36-21-14-31(15-21)16-46(41,42)17-31/h1-6,8,10,18,21,39,41-42H,7,9,11-17H2,(H,35,36,37). The summed E-state index contributed by atoms with van der Waals surface area (Å²) in [5.74, 6) is 0.754. The van der Waals surface area contributed by atoms with E-state index in [0.29, 0.717) is 51.6 Å². The van der Waals surface area contributed by atoms with Crippen LogP contribution in [0.25, 0.3) is 21.8 Å². The van der Waals surface area contributed by atoms with E-state index in [2.05, 4.69) is 15.0 Å². The van der Waals surface area contributed by atoms with Gasteiger partial charge in [0, 0.05) is 46.7 Å². The average Bonchev–Trinajstić information content (AvgIpc) is 3.56. The fraction of sp³-hybridized carbons (Fsp3) is 0.406. The van der Waals surface area contributed by atoms with Gasteiger partial charge in [-0.1, -0.05) is 12.1 Å². The van der Waals surface area contributed by atoms with Gasteiger partial charge >= 0.3 is 10.2 Å². The lowest BCUT2D eigenvalue weighted by Gasteiger charge is -2.63. The van der Waals surface area contributed by atoms with E-state index in [1.807, 2.05) is 0 Å². The summed E-state index contributed by atoms with van der Waals surface area (Å²) in [5, 5.41) is 4.31. The van der Waals surface area contributed by atoms with Crippen LogP contribution in [0.1, 0.15) is 42.7 Å². The van der Waals surface area contributed by atoms with Gasteiger partial charge in [-0.05, 0) is 80.3 Å². The highest BCUT2D eigenvalue weighted by molar-refractivity contribution is 8.25. The molecule has 4 saturated carbocycles. The SMILES string of the molecule is O=S(=O)(Nc1cccc(-c2nc(C34CC(C3)C4)sc2-c2ccnc(NC3CC4(C3)CS(O)(O)C4)n2)c1F)N1CCc2ccc(F)cc21. The molecular formula is C32H32F2N6O4S3. The maximum Gasteiger partial charge on any atom is 0.324 e. The molecule has 10 rings (SSSR count). The zero-order valence-electron chi connectivity index (χ0n) is 25.1. The molecule has 4 aromatic rings. The van der Waals surface area contributed by atoms with Crippen LogP contribution in [0.2, 0.25) is 0 Å². The van der Waals surface area contributed by atoms with E-state index < -0.39 is 32.4 Å². The molecule has 0 radical (unpaired) electrons. The molecule has 47 heavy (non-hydrogen) atoms. The Morgan fingerprint density at radius 3 is 2.53 bits per heavy atom. The monoisotopic (exact) mass is 698 g/mol. The Morgan fingerprint density at radius 1 is 1.02 bits per heavy atom. The molecule has 4 heterocycles. The van der Waals surface area contributed by atoms with Crippen molar-refractivity contribution in [2.45, 2.75) is 50.0 Å². The number of nitrogens with one attached hydrogen (secondary N) is 2. The quantitative estimate of drug-likeness (QED) is 0.161. The molecule has 6 aliphatic rings. The van der Waals surface area contributed by atoms with Crippen LogP contribution in [-0.2, 0) is 22.0 Å². The fourth-order valence-corrected chi connectivity index (χ4v) is 13.1. The third kappa shape index (κ3) is 4.84. The van der Waals surface area contributed by atoms with E-state index in [1.165, 1.54) is 29.5 Å². The first-order valence-electron chi connectivity index (χ1n) is 15.6. The van der Waals surface area contributed by atoms with Gasteiger partial charge in [0.1, 0.15) is 10.8 Å². The summed E-state index contributed by atoms with van der Waals surface area (Å²) in [4.78, 5) is 14.9. The van der Waals surface area contributed by atoms with Gasteiger partial charge in [-0.2, -0.15) is 19.0 Å². The number of hydrogen-bond donors (Lipinski definition) is 4. The molecular weight excluding hydrogens is 667 g/mol. The molecule has 15 heteroatoms. The summed E-state index contributed by atoms with van der Waals surface area (Å²) in [7, 11) is -6.66.